The Kier molecular flexibility index (Phi) is 5.22. The summed E-state index contributed by atoms with van der Waals surface area (Å²) in [6.07, 6.45) is 3.50. The van der Waals surface area contributed by atoms with Gasteiger partial charge < -0.3 is 19.9 Å². The number of carbonyl (C=O) groups is 1. The molecular weight excluding hydrogens is 306 g/mol. The van der Waals surface area contributed by atoms with E-state index >= 15 is 0 Å². The zero-order valence-electron chi connectivity index (χ0n) is 13.7. The van der Waals surface area contributed by atoms with E-state index in [0.717, 1.165) is 32.1 Å². The molecule has 1 fully saturated rings. The van der Waals surface area contributed by atoms with Crippen molar-refractivity contribution in [3.8, 4) is 5.75 Å². The number of amides is 1. The molecule has 0 unspecified atom stereocenters. The molecule has 0 bridgehead atoms. The number of carbonyl (C=O) groups excluding carboxylic acids is 1. The van der Waals surface area contributed by atoms with Gasteiger partial charge in [-0.05, 0) is 18.2 Å². The molecule has 1 aromatic heterocycles. The molecule has 1 amide bonds. The van der Waals surface area contributed by atoms with Gasteiger partial charge in [0.25, 0.3) is 5.91 Å². The molecule has 2 N–H and O–H groups in total. The van der Waals surface area contributed by atoms with Gasteiger partial charge in [-0.2, -0.15) is 0 Å². The van der Waals surface area contributed by atoms with Crippen molar-refractivity contribution >= 4 is 17.5 Å². The van der Waals surface area contributed by atoms with Crippen LogP contribution in [0.15, 0.2) is 42.7 Å². The molecule has 7 heteroatoms. The number of methoxy groups -OCH3 is 1. The van der Waals surface area contributed by atoms with E-state index in [1.807, 2.05) is 30.3 Å². The van der Waals surface area contributed by atoms with E-state index in [0.29, 0.717) is 18.0 Å². The van der Waals surface area contributed by atoms with Crippen LogP contribution in [0.2, 0.25) is 0 Å². The molecule has 0 radical (unpaired) electrons. The molecule has 0 spiro atoms. The fourth-order valence-corrected chi connectivity index (χ4v) is 2.82. The summed E-state index contributed by atoms with van der Waals surface area (Å²) in [5.74, 6) is 1.43. The van der Waals surface area contributed by atoms with Gasteiger partial charge in [-0.15, -0.1) is 0 Å². The standard InChI is InChI=1S/C17H21N5O2/c1-24-15-6-3-2-5-14(15)20-16(23)13-21-9-11-22(12-10-21)17-18-7-4-8-19-17/h2-8H,9-13H2,1H3,(H,20,23)/p+1. The molecule has 1 aliphatic rings. The second-order valence-corrected chi connectivity index (χ2v) is 5.71. The van der Waals surface area contributed by atoms with Gasteiger partial charge in [0.15, 0.2) is 6.54 Å². The van der Waals surface area contributed by atoms with E-state index in [1.54, 1.807) is 19.5 Å². The number of nitrogens with zero attached hydrogens (tertiary/aromatic N) is 3. The highest BCUT2D eigenvalue weighted by Crippen LogP contribution is 2.22. The average Bonchev–Trinajstić information content (AvgIpc) is 2.63. The summed E-state index contributed by atoms with van der Waals surface area (Å²) < 4.78 is 5.26. The van der Waals surface area contributed by atoms with Crippen molar-refractivity contribution in [1.82, 2.24) is 9.97 Å². The second-order valence-electron chi connectivity index (χ2n) is 5.71. The Morgan fingerprint density at radius 2 is 1.92 bits per heavy atom. The SMILES string of the molecule is COc1ccccc1NC(=O)C[NH+]1CCN(c2ncccn2)CC1. The lowest BCUT2D eigenvalue weighted by molar-refractivity contribution is -0.892. The molecule has 7 nitrogen and oxygen atoms in total. The predicted octanol–water partition coefficient (Wildman–Crippen LogP) is -0.171. The molecule has 3 rings (SSSR count). The first-order valence-electron chi connectivity index (χ1n) is 8.04. The molecule has 2 aromatic rings. The van der Waals surface area contributed by atoms with E-state index in [-0.39, 0.29) is 5.91 Å². The minimum Gasteiger partial charge on any atom is -0.495 e. The molecular formula is C17H22N5O2+. The van der Waals surface area contributed by atoms with Crippen molar-refractivity contribution in [1.29, 1.82) is 0 Å². The summed E-state index contributed by atoms with van der Waals surface area (Å²) in [6.45, 7) is 3.92. The van der Waals surface area contributed by atoms with Crippen molar-refractivity contribution in [3.63, 3.8) is 0 Å². The van der Waals surface area contributed by atoms with Crippen LogP contribution < -0.4 is 19.9 Å². The maximum Gasteiger partial charge on any atom is 0.279 e. The molecule has 2 heterocycles. The number of hydrogen-bond acceptors (Lipinski definition) is 5. The van der Waals surface area contributed by atoms with E-state index in [2.05, 4.69) is 20.2 Å². The fourth-order valence-electron chi connectivity index (χ4n) is 2.82. The lowest BCUT2D eigenvalue weighted by atomic mass is 10.3. The molecule has 1 saturated heterocycles. The van der Waals surface area contributed by atoms with E-state index in [4.69, 9.17) is 4.74 Å². The van der Waals surface area contributed by atoms with E-state index < -0.39 is 0 Å². The highest BCUT2D eigenvalue weighted by Gasteiger charge is 2.23. The number of benzene rings is 1. The number of hydrogen-bond donors (Lipinski definition) is 2. The van der Waals surface area contributed by atoms with Crippen molar-refractivity contribution in [3.05, 3.63) is 42.7 Å². The van der Waals surface area contributed by atoms with Crippen LogP contribution in [-0.4, -0.2) is 55.7 Å². The number of nitrogens with one attached hydrogen (secondary N) is 2. The molecule has 1 aromatic carbocycles. The Morgan fingerprint density at radius 3 is 2.62 bits per heavy atom. The van der Waals surface area contributed by atoms with Crippen LogP contribution in [-0.2, 0) is 4.79 Å². The Hall–Kier alpha value is -2.67. The van der Waals surface area contributed by atoms with Crippen LogP contribution in [0.5, 0.6) is 5.75 Å². The van der Waals surface area contributed by atoms with Crippen LogP contribution in [0.4, 0.5) is 11.6 Å². The largest absolute Gasteiger partial charge is 0.495 e. The van der Waals surface area contributed by atoms with Gasteiger partial charge in [-0.1, -0.05) is 12.1 Å². The number of piperazine rings is 1. The number of anilines is 2. The highest BCUT2D eigenvalue weighted by atomic mass is 16.5. The Labute approximate surface area is 141 Å². The molecule has 0 aliphatic carbocycles. The Morgan fingerprint density at radius 1 is 1.21 bits per heavy atom. The van der Waals surface area contributed by atoms with Gasteiger partial charge in [0.05, 0.1) is 39.0 Å². The topological polar surface area (TPSA) is 71.8 Å². The summed E-state index contributed by atoms with van der Waals surface area (Å²) in [5, 5.41) is 2.93. The van der Waals surface area contributed by atoms with Gasteiger partial charge >= 0.3 is 0 Å². The third-order valence-electron chi connectivity index (χ3n) is 4.10. The maximum atomic E-state index is 12.3. The molecule has 0 saturated carbocycles. The second kappa shape index (κ2) is 7.74. The lowest BCUT2D eigenvalue weighted by Crippen LogP contribution is -3.15. The summed E-state index contributed by atoms with van der Waals surface area (Å²) in [5.41, 5.74) is 0.709. The van der Waals surface area contributed by atoms with E-state index in [9.17, 15) is 4.79 Å². The highest BCUT2D eigenvalue weighted by molar-refractivity contribution is 5.92. The summed E-state index contributed by atoms with van der Waals surface area (Å²) >= 11 is 0. The van der Waals surface area contributed by atoms with Crippen LogP contribution in [0.1, 0.15) is 0 Å². The van der Waals surface area contributed by atoms with Gasteiger partial charge in [-0.3, -0.25) is 4.79 Å². The van der Waals surface area contributed by atoms with Crippen molar-refractivity contribution < 1.29 is 14.4 Å². The van der Waals surface area contributed by atoms with Gasteiger partial charge in [0.1, 0.15) is 5.75 Å². The first kappa shape index (κ1) is 16.2. The third kappa shape index (κ3) is 3.99. The quantitative estimate of drug-likeness (QED) is 0.797. The number of aromatic nitrogens is 2. The number of rotatable bonds is 5. The lowest BCUT2D eigenvalue weighted by Gasteiger charge is -2.31. The van der Waals surface area contributed by atoms with Crippen LogP contribution in [0.3, 0.4) is 0 Å². The molecule has 0 atom stereocenters. The summed E-state index contributed by atoms with van der Waals surface area (Å²) in [6, 6.07) is 9.25. The number of quaternary nitrogens is 1. The zero-order valence-corrected chi connectivity index (χ0v) is 13.7. The zero-order chi connectivity index (χ0) is 16.8. The third-order valence-corrected chi connectivity index (χ3v) is 4.10. The molecule has 126 valence electrons. The average molecular weight is 328 g/mol. The van der Waals surface area contributed by atoms with Crippen molar-refractivity contribution in [2.45, 2.75) is 0 Å². The first-order valence-corrected chi connectivity index (χ1v) is 8.04. The molecule has 24 heavy (non-hydrogen) atoms. The summed E-state index contributed by atoms with van der Waals surface area (Å²) in [7, 11) is 1.60. The van der Waals surface area contributed by atoms with Crippen LogP contribution in [0.25, 0.3) is 0 Å². The van der Waals surface area contributed by atoms with Crippen molar-refractivity contribution in [2.24, 2.45) is 0 Å². The first-order chi connectivity index (χ1) is 11.8. The van der Waals surface area contributed by atoms with Gasteiger partial charge in [0.2, 0.25) is 5.95 Å². The Balaban J connectivity index is 1.50. The smallest absolute Gasteiger partial charge is 0.279 e. The predicted molar refractivity (Wildman–Crippen MR) is 91.4 cm³/mol. The van der Waals surface area contributed by atoms with Crippen LogP contribution in [0, 0.1) is 0 Å². The monoisotopic (exact) mass is 328 g/mol. The number of ether oxygens (including phenoxy) is 1. The summed E-state index contributed by atoms with van der Waals surface area (Å²) in [4.78, 5) is 24.2. The maximum absolute atomic E-state index is 12.3. The fraction of sp³-hybridized carbons (Fsp3) is 0.353. The minimum atomic E-state index is -0.00101. The van der Waals surface area contributed by atoms with Gasteiger partial charge in [-0.25, -0.2) is 9.97 Å². The van der Waals surface area contributed by atoms with E-state index in [1.165, 1.54) is 4.90 Å². The minimum absolute atomic E-state index is 0.00101. The van der Waals surface area contributed by atoms with Crippen LogP contribution >= 0.6 is 0 Å². The van der Waals surface area contributed by atoms with Gasteiger partial charge in [0, 0.05) is 12.4 Å². The van der Waals surface area contributed by atoms with Crippen molar-refractivity contribution in [2.75, 3.05) is 50.1 Å². The number of para-hydroxylation sites is 2. The Bertz CT molecular complexity index is 672. The normalized spacial score (nSPS) is 15.1. The molecule has 1 aliphatic heterocycles.